The van der Waals surface area contributed by atoms with Crippen molar-refractivity contribution in [2.24, 2.45) is 5.73 Å². The van der Waals surface area contributed by atoms with Crippen molar-refractivity contribution in [3.05, 3.63) is 59.7 Å². The molecule has 2 aromatic carbocycles. The first-order valence-electron chi connectivity index (χ1n) is 5.09. The van der Waals surface area contributed by atoms with Crippen LogP contribution in [-0.2, 0) is 0 Å². The highest BCUT2D eigenvalue weighted by Crippen LogP contribution is 2.26. The van der Waals surface area contributed by atoms with Crippen LogP contribution in [0.4, 0.5) is 8.78 Å². The Morgan fingerprint density at radius 1 is 1.00 bits per heavy atom. The lowest BCUT2D eigenvalue weighted by Gasteiger charge is -2.08. The first-order valence-corrected chi connectivity index (χ1v) is 5.50. The molecule has 0 fully saturated rings. The molecule has 0 aliphatic carbocycles. The van der Waals surface area contributed by atoms with Gasteiger partial charge in [0, 0.05) is 5.56 Å². The van der Waals surface area contributed by atoms with Gasteiger partial charge in [0.05, 0.1) is 0 Å². The van der Waals surface area contributed by atoms with Gasteiger partial charge >= 0.3 is 0 Å². The van der Waals surface area contributed by atoms with Gasteiger partial charge < -0.3 is 10.5 Å². The molecule has 0 atom stereocenters. The molecule has 2 aromatic rings. The van der Waals surface area contributed by atoms with E-state index in [0.29, 0.717) is 5.56 Å². The van der Waals surface area contributed by atoms with Crippen LogP contribution in [0.25, 0.3) is 0 Å². The van der Waals surface area contributed by atoms with E-state index < -0.39 is 11.6 Å². The maximum atomic E-state index is 13.7. The first-order chi connectivity index (χ1) is 8.58. The molecule has 0 saturated carbocycles. The van der Waals surface area contributed by atoms with Crippen LogP contribution in [0.1, 0.15) is 5.56 Å². The van der Waals surface area contributed by atoms with Gasteiger partial charge in [0.25, 0.3) is 0 Å². The monoisotopic (exact) mass is 265 g/mol. The molecule has 0 radical (unpaired) electrons. The van der Waals surface area contributed by atoms with E-state index in [4.69, 9.17) is 22.7 Å². The third kappa shape index (κ3) is 2.62. The average molecular weight is 265 g/mol. The third-order valence-electron chi connectivity index (χ3n) is 2.27. The summed E-state index contributed by atoms with van der Waals surface area (Å²) < 4.78 is 32.1. The molecule has 0 heterocycles. The Balaban J connectivity index is 2.30. The molecule has 0 spiro atoms. The van der Waals surface area contributed by atoms with Crippen molar-refractivity contribution in [1.82, 2.24) is 0 Å². The summed E-state index contributed by atoms with van der Waals surface area (Å²) in [7, 11) is 0. The summed E-state index contributed by atoms with van der Waals surface area (Å²) in [6.45, 7) is 0. The Morgan fingerprint density at radius 2 is 1.67 bits per heavy atom. The zero-order valence-corrected chi connectivity index (χ0v) is 10.0. The van der Waals surface area contributed by atoms with Crippen LogP contribution in [0.15, 0.2) is 42.5 Å². The number of halogens is 2. The highest BCUT2D eigenvalue weighted by molar-refractivity contribution is 7.80. The molecular formula is C13H9F2NOS. The number of hydrogen-bond donors (Lipinski definition) is 1. The second-order valence-electron chi connectivity index (χ2n) is 3.54. The Bertz CT molecular complexity index is 601. The van der Waals surface area contributed by atoms with Crippen molar-refractivity contribution < 1.29 is 13.5 Å². The van der Waals surface area contributed by atoms with Crippen LogP contribution in [-0.4, -0.2) is 4.99 Å². The van der Waals surface area contributed by atoms with E-state index in [1.165, 1.54) is 30.3 Å². The van der Waals surface area contributed by atoms with Crippen molar-refractivity contribution in [3.8, 4) is 11.5 Å². The number of nitrogens with two attached hydrogens (primary N) is 1. The summed E-state index contributed by atoms with van der Waals surface area (Å²) in [4.78, 5) is 0.0892. The van der Waals surface area contributed by atoms with Crippen molar-refractivity contribution in [1.29, 1.82) is 0 Å². The molecule has 0 amide bonds. The van der Waals surface area contributed by atoms with Gasteiger partial charge in [-0.2, -0.15) is 0 Å². The smallest absolute Gasteiger partial charge is 0.166 e. The minimum atomic E-state index is -0.649. The lowest BCUT2D eigenvalue weighted by atomic mass is 10.2. The Kier molecular flexibility index (Phi) is 3.53. The van der Waals surface area contributed by atoms with Crippen molar-refractivity contribution in [3.63, 3.8) is 0 Å². The van der Waals surface area contributed by atoms with E-state index >= 15 is 0 Å². The fourth-order valence-corrected chi connectivity index (χ4v) is 1.51. The zero-order chi connectivity index (χ0) is 13.1. The molecular weight excluding hydrogens is 256 g/mol. The summed E-state index contributed by atoms with van der Waals surface area (Å²) in [5.41, 5.74) is 5.77. The van der Waals surface area contributed by atoms with Crippen LogP contribution < -0.4 is 10.5 Å². The van der Waals surface area contributed by atoms with Crippen molar-refractivity contribution in [2.45, 2.75) is 0 Å². The SMILES string of the molecule is NC(=S)c1ccc(Oc2ccccc2F)c(F)c1. The maximum absolute atomic E-state index is 13.7. The molecule has 0 aliphatic heterocycles. The van der Waals surface area contributed by atoms with Crippen LogP contribution >= 0.6 is 12.2 Å². The topological polar surface area (TPSA) is 35.2 Å². The predicted octanol–water partition coefficient (Wildman–Crippen LogP) is 3.39. The maximum Gasteiger partial charge on any atom is 0.166 e. The molecule has 2 rings (SSSR count). The largest absolute Gasteiger partial charge is 0.451 e. The lowest BCUT2D eigenvalue weighted by Crippen LogP contribution is -2.09. The molecule has 0 unspecified atom stereocenters. The van der Waals surface area contributed by atoms with Gasteiger partial charge in [-0.15, -0.1) is 0 Å². The van der Waals surface area contributed by atoms with Crippen LogP contribution in [0.2, 0.25) is 0 Å². The fourth-order valence-electron chi connectivity index (χ4n) is 1.38. The van der Waals surface area contributed by atoms with E-state index in [1.54, 1.807) is 6.07 Å². The van der Waals surface area contributed by atoms with Gasteiger partial charge in [-0.1, -0.05) is 24.4 Å². The van der Waals surface area contributed by atoms with E-state index in [1.807, 2.05) is 0 Å². The van der Waals surface area contributed by atoms with Gasteiger partial charge in [0.2, 0.25) is 0 Å². The molecule has 2 nitrogen and oxygen atoms in total. The van der Waals surface area contributed by atoms with Crippen LogP contribution in [0.3, 0.4) is 0 Å². The minimum Gasteiger partial charge on any atom is -0.451 e. The number of rotatable bonds is 3. The van der Waals surface area contributed by atoms with Crippen molar-refractivity contribution in [2.75, 3.05) is 0 Å². The van der Waals surface area contributed by atoms with Gasteiger partial charge in [0.1, 0.15) is 4.99 Å². The molecule has 0 aromatic heterocycles. The van der Waals surface area contributed by atoms with Gasteiger partial charge in [-0.05, 0) is 30.3 Å². The number of ether oxygens (including phenoxy) is 1. The Morgan fingerprint density at radius 3 is 2.28 bits per heavy atom. The Hall–Kier alpha value is -2.01. The second-order valence-corrected chi connectivity index (χ2v) is 3.98. The van der Waals surface area contributed by atoms with E-state index in [9.17, 15) is 8.78 Å². The molecule has 92 valence electrons. The number of benzene rings is 2. The van der Waals surface area contributed by atoms with Crippen LogP contribution in [0, 0.1) is 11.6 Å². The van der Waals surface area contributed by atoms with Crippen molar-refractivity contribution >= 4 is 17.2 Å². The highest BCUT2D eigenvalue weighted by atomic mass is 32.1. The zero-order valence-electron chi connectivity index (χ0n) is 9.19. The molecule has 0 bridgehead atoms. The van der Waals surface area contributed by atoms with E-state index in [2.05, 4.69) is 0 Å². The second kappa shape index (κ2) is 5.10. The van der Waals surface area contributed by atoms with E-state index in [0.717, 1.165) is 6.07 Å². The fraction of sp³-hybridized carbons (Fsp3) is 0. The highest BCUT2D eigenvalue weighted by Gasteiger charge is 2.09. The lowest BCUT2D eigenvalue weighted by molar-refractivity contribution is 0.414. The number of hydrogen-bond acceptors (Lipinski definition) is 2. The molecule has 0 saturated heterocycles. The summed E-state index contributed by atoms with van der Waals surface area (Å²) >= 11 is 4.73. The first kappa shape index (κ1) is 12.4. The van der Waals surface area contributed by atoms with Crippen LogP contribution in [0.5, 0.6) is 11.5 Å². The third-order valence-corrected chi connectivity index (χ3v) is 2.51. The average Bonchev–Trinajstić information content (AvgIpc) is 2.34. The quantitative estimate of drug-likeness (QED) is 0.864. The van der Waals surface area contributed by atoms with Gasteiger partial charge in [-0.25, -0.2) is 8.78 Å². The summed E-state index contributed by atoms with van der Waals surface area (Å²) in [6.07, 6.45) is 0. The molecule has 5 heteroatoms. The van der Waals surface area contributed by atoms with E-state index in [-0.39, 0.29) is 16.5 Å². The Labute approximate surface area is 108 Å². The summed E-state index contributed by atoms with van der Waals surface area (Å²) in [5, 5.41) is 0. The molecule has 18 heavy (non-hydrogen) atoms. The van der Waals surface area contributed by atoms with Gasteiger partial charge in [0.15, 0.2) is 23.1 Å². The standard InChI is InChI=1S/C13H9F2NOS/c14-9-3-1-2-4-11(9)17-12-6-5-8(13(16)18)7-10(12)15/h1-7H,(H2,16,18). The number of thiocarbonyl (C=S) groups is 1. The normalized spacial score (nSPS) is 10.1. The summed E-state index contributed by atoms with van der Waals surface area (Å²) in [6, 6.07) is 9.79. The number of para-hydroxylation sites is 1. The van der Waals surface area contributed by atoms with Gasteiger partial charge in [-0.3, -0.25) is 0 Å². The molecule has 2 N–H and O–H groups in total. The predicted molar refractivity (Wildman–Crippen MR) is 68.8 cm³/mol. The minimum absolute atomic E-state index is 0.0422. The molecule has 0 aliphatic rings. The summed E-state index contributed by atoms with van der Waals surface area (Å²) in [5.74, 6) is -1.33.